The summed E-state index contributed by atoms with van der Waals surface area (Å²) in [7, 11) is 0. The standard InChI is InChI=1S/C16H13N3O/c1-2-15(20)17-12-9-7-11(8-10-12)16-18-13-5-3-4-6-14(13)19-16/h2-10H,1H2,(H,17,20)(H,18,19). The Bertz CT molecular complexity index is 739. The first-order valence-corrected chi connectivity index (χ1v) is 6.25. The molecule has 0 saturated heterocycles. The minimum Gasteiger partial charge on any atom is -0.338 e. The molecule has 1 aromatic heterocycles. The van der Waals surface area contributed by atoms with Crippen LogP contribution in [-0.4, -0.2) is 15.9 Å². The van der Waals surface area contributed by atoms with E-state index in [-0.39, 0.29) is 5.91 Å². The first-order valence-electron chi connectivity index (χ1n) is 6.25. The highest BCUT2D eigenvalue weighted by Gasteiger charge is 2.05. The summed E-state index contributed by atoms with van der Waals surface area (Å²) in [6.07, 6.45) is 1.24. The number of aromatic nitrogens is 2. The Balaban J connectivity index is 1.90. The number of carbonyl (C=O) groups excluding carboxylic acids is 1. The molecule has 0 fully saturated rings. The molecule has 20 heavy (non-hydrogen) atoms. The van der Waals surface area contributed by atoms with Gasteiger partial charge in [0, 0.05) is 11.3 Å². The molecule has 3 rings (SSSR count). The minimum atomic E-state index is -0.221. The number of hydrogen-bond acceptors (Lipinski definition) is 2. The van der Waals surface area contributed by atoms with Crippen molar-refractivity contribution in [3.63, 3.8) is 0 Å². The Kier molecular flexibility index (Phi) is 3.05. The topological polar surface area (TPSA) is 57.8 Å². The summed E-state index contributed by atoms with van der Waals surface area (Å²) in [4.78, 5) is 19.0. The van der Waals surface area contributed by atoms with Crippen molar-refractivity contribution >= 4 is 22.6 Å². The molecule has 4 heteroatoms. The molecular formula is C16H13N3O. The molecule has 4 nitrogen and oxygen atoms in total. The van der Waals surface area contributed by atoms with Crippen LogP contribution in [0.25, 0.3) is 22.4 Å². The number of hydrogen-bond donors (Lipinski definition) is 2. The van der Waals surface area contributed by atoms with E-state index >= 15 is 0 Å². The van der Waals surface area contributed by atoms with Gasteiger partial charge in [-0.05, 0) is 42.5 Å². The number of benzene rings is 2. The van der Waals surface area contributed by atoms with Crippen LogP contribution in [0, 0.1) is 0 Å². The number of nitrogens with one attached hydrogen (secondary N) is 2. The van der Waals surface area contributed by atoms with Gasteiger partial charge in [-0.1, -0.05) is 18.7 Å². The lowest BCUT2D eigenvalue weighted by molar-refractivity contribution is -0.111. The fourth-order valence-corrected chi connectivity index (χ4v) is 1.99. The Morgan fingerprint density at radius 3 is 2.60 bits per heavy atom. The molecule has 98 valence electrons. The Labute approximate surface area is 116 Å². The highest BCUT2D eigenvalue weighted by molar-refractivity contribution is 5.99. The van der Waals surface area contributed by atoms with Gasteiger partial charge in [0.05, 0.1) is 11.0 Å². The number of carbonyl (C=O) groups is 1. The van der Waals surface area contributed by atoms with Crippen molar-refractivity contribution < 1.29 is 4.79 Å². The van der Waals surface area contributed by atoms with Crippen LogP contribution in [0.2, 0.25) is 0 Å². The van der Waals surface area contributed by atoms with Crippen LogP contribution >= 0.6 is 0 Å². The van der Waals surface area contributed by atoms with E-state index < -0.39 is 0 Å². The van der Waals surface area contributed by atoms with E-state index in [0.717, 1.165) is 28.1 Å². The quantitative estimate of drug-likeness (QED) is 0.712. The van der Waals surface area contributed by atoms with Gasteiger partial charge < -0.3 is 10.3 Å². The van der Waals surface area contributed by atoms with Gasteiger partial charge in [0.1, 0.15) is 5.82 Å². The largest absolute Gasteiger partial charge is 0.338 e. The van der Waals surface area contributed by atoms with Gasteiger partial charge in [0.2, 0.25) is 5.91 Å². The average Bonchev–Trinajstić information content (AvgIpc) is 2.91. The molecule has 0 aliphatic heterocycles. The Morgan fingerprint density at radius 1 is 1.15 bits per heavy atom. The fraction of sp³-hybridized carbons (Fsp3) is 0. The van der Waals surface area contributed by atoms with Crippen molar-refractivity contribution in [2.75, 3.05) is 5.32 Å². The minimum absolute atomic E-state index is 0.221. The third-order valence-electron chi connectivity index (χ3n) is 3.00. The maximum atomic E-state index is 11.2. The molecule has 0 saturated carbocycles. The summed E-state index contributed by atoms with van der Waals surface area (Å²) >= 11 is 0. The Hall–Kier alpha value is -2.88. The molecule has 0 bridgehead atoms. The van der Waals surface area contributed by atoms with Crippen molar-refractivity contribution in [2.24, 2.45) is 0 Å². The molecule has 0 aliphatic carbocycles. The summed E-state index contributed by atoms with van der Waals surface area (Å²) in [5, 5.41) is 2.71. The normalized spacial score (nSPS) is 10.4. The van der Waals surface area contributed by atoms with Crippen molar-refractivity contribution in [3.05, 3.63) is 61.2 Å². The first-order chi connectivity index (χ1) is 9.76. The van der Waals surface area contributed by atoms with E-state index in [1.807, 2.05) is 48.5 Å². The Morgan fingerprint density at radius 2 is 1.90 bits per heavy atom. The number of anilines is 1. The zero-order chi connectivity index (χ0) is 13.9. The van der Waals surface area contributed by atoms with E-state index in [2.05, 4.69) is 21.9 Å². The molecule has 0 radical (unpaired) electrons. The van der Waals surface area contributed by atoms with Gasteiger partial charge in [0.15, 0.2) is 0 Å². The summed E-state index contributed by atoms with van der Waals surface area (Å²) in [5.74, 6) is 0.592. The molecule has 0 unspecified atom stereocenters. The third-order valence-corrected chi connectivity index (χ3v) is 3.00. The van der Waals surface area contributed by atoms with Gasteiger partial charge >= 0.3 is 0 Å². The lowest BCUT2D eigenvalue weighted by atomic mass is 10.2. The van der Waals surface area contributed by atoms with Crippen LogP contribution < -0.4 is 5.32 Å². The van der Waals surface area contributed by atoms with E-state index in [1.165, 1.54) is 6.08 Å². The second kappa shape index (κ2) is 5.01. The molecule has 0 aliphatic rings. The maximum absolute atomic E-state index is 11.2. The van der Waals surface area contributed by atoms with Crippen molar-refractivity contribution in [3.8, 4) is 11.4 Å². The van der Waals surface area contributed by atoms with Crippen molar-refractivity contribution in [2.45, 2.75) is 0 Å². The zero-order valence-electron chi connectivity index (χ0n) is 10.8. The average molecular weight is 263 g/mol. The lowest BCUT2D eigenvalue weighted by Crippen LogP contribution is -2.06. The SMILES string of the molecule is C=CC(=O)Nc1ccc(-c2nc3ccccc3[nH]2)cc1. The van der Waals surface area contributed by atoms with Gasteiger partial charge in [-0.15, -0.1) is 0 Å². The first kappa shape index (κ1) is 12.2. The van der Waals surface area contributed by atoms with E-state index in [1.54, 1.807) is 0 Å². The second-order valence-electron chi connectivity index (χ2n) is 4.37. The van der Waals surface area contributed by atoms with Gasteiger partial charge in [-0.25, -0.2) is 4.98 Å². The van der Waals surface area contributed by atoms with Crippen LogP contribution in [0.3, 0.4) is 0 Å². The smallest absolute Gasteiger partial charge is 0.247 e. The fourth-order valence-electron chi connectivity index (χ4n) is 1.99. The molecule has 1 amide bonds. The van der Waals surface area contributed by atoms with E-state index in [0.29, 0.717) is 0 Å². The molecular weight excluding hydrogens is 250 g/mol. The molecule has 2 N–H and O–H groups in total. The van der Waals surface area contributed by atoms with Gasteiger partial charge in [-0.3, -0.25) is 4.79 Å². The molecule has 3 aromatic rings. The monoisotopic (exact) mass is 263 g/mol. The zero-order valence-corrected chi connectivity index (χ0v) is 10.8. The maximum Gasteiger partial charge on any atom is 0.247 e. The number of H-pyrrole nitrogens is 1. The predicted molar refractivity (Wildman–Crippen MR) is 80.4 cm³/mol. The van der Waals surface area contributed by atoms with Crippen LogP contribution in [0.5, 0.6) is 0 Å². The number of fused-ring (bicyclic) bond motifs is 1. The van der Waals surface area contributed by atoms with E-state index in [4.69, 9.17) is 0 Å². The second-order valence-corrected chi connectivity index (χ2v) is 4.37. The van der Waals surface area contributed by atoms with Gasteiger partial charge in [0.25, 0.3) is 0 Å². The molecule has 0 spiro atoms. The number of imidazole rings is 1. The van der Waals surface area contributed by atoms with Crippen LogP contribution in [0.4, 0.5) is 5.69 Å². The van der Waals surface area contributed by atoms with Crippen LogP contribution in [0.15, 0.2) is 61.2 Å². The summed E-state index contributed by atoms with van der Waals surface area (Å²) in [5.41, 5.74) is 3.64. The number of aromatic amines is 1. The lowest BCUT2D eigenvalue weighted by Gasteiger charge is -2.02. The summed E-state index contributed by atoms with van der Waals surface area (Å²) in [6.45, 7) is 3.42. The number of nitrogens with zero attached hydrogens (tertiary/aromatic N) is 1. The number of para-hydroxylation sites is 2. The summed E-state index contributed by atoms with van der Waals surface area (Å²) in [6, 6.07) is 15.4. The number of rotatable bonds is 3. The van der Waals surface area contributed by atoms with E-state index in [9.17, 15) is 4.79 Å². The van der Waals surface area contributed by atoms with Gasteiger partial charge in [-0.2, -0.15) is 0 Å². The highest BCUT2D eigenvalue weighted by atomic mass is 16.1. The third kappa shape index (κ3) is 2.31. The number of amides is 1. The van der Waals surface area contributed by atoms with Crippen LogP contribution in [-0.2, 0) is 4.79 Å². The van der Waals surface area contributed by atoms with Crippen molar-refractivity contribution in [1.29, 1.82) is 0 Å². The molecule has 1 heterocycles. The van der Waals surface area contributed by atoms with Crippen molar-refractivity contribution in [1.82, 2.24) is 9.97 Å². The molecule has 2 aromatic carbocycles. The van der Waals surface area contributed by atoms with Crippen LogP contribution in [0.1, 0.15) is 0 Å². The predicted octanol–water partition coefficient (Wildman–Crippen LogP) is 3.35. The summed E-state index contributed by atoms with van der Waals surface area (Å²) < 4.78 is 0. The highest BCUT2D eigenvalue weighted by Crippen LogP contribution is 2.21. The molecule has 0 atom stereocenters.